The van der Waals surface area contributed by atoms with Crippen molar-refractivity contribution in [2.45, 2.75) is 13.5 Å². The molecule has 0 spiro atoms. The molecule has 78 valence electrons. The van der Waals surface area contributed by atoms with Crippen molar-refractivity contribution in [3.8, 4) is 0 Å². The summed E-state index contributed by atoms with van der Waals surface area (Å²) >= 11 is 4.18. The minimum absolute atomic E-state index is 0.745. The Balaban J connectivity index is 2.45. The Morgan fingerprint density at radius 2 is 2.36 bits per heavy atom. The lowest BCUT2D eigenvalue weighted by atomic mass is 10.2. The van der Waals surface area contributed by atoms with Crippen molar-refractivity contribution in [3.05, 3.63) is 35.8 Å². The van der Waals surface area contributed by atoms with Crippen LogP contribution in [0.2, 0.25) is 0 Å². The van der Waals surface area contributed by atoms with Crippen LogP contribution in [0.25, 0.3) is 0 Å². The van der Waals surface area contributed by atoms with E-state index < -0.39 is 0 Å². The number of hydrogen-bond acceptors (Lipinski definition) is 3. The Morgan fingerprint density at radius 1 is 1.64 bits per heavy atom. The molecule has 0 saturated carbocycles. The van der Waals surface area contributed by atoms with Gasteiger partial charge in [-0.3, -0.25) is 4.90 Å². The molecule has 0 N–H and O–H groups in total. The molecule has 0 aliphatic rings. The van der Waals surface area contributed by atoms with Gasteiger partial charge in [-0.2, -0.15) is 12.6 Å². The Morgan fingerprint density at radius 3 is 2.86 bits per heavy atom. The first kappa shape index (κ1) is 11.4. The second-order valence-electron chi connectivity index (χ2n) is 3.58. The summed E-state index contributed by atoms with van der Waals surface area (Å²) in [6.45, 7) is 7.69. The summed E-state index contributed by atoms with van der Waals surface area (Å²) in [7, 11) is 2.07. The van der Waals surface area contributed by atoms with E-state index in [2.05, 4.69) is 31.2 Å². The van der Waals surface area contributed by atoms with E-state index in [0.29, 0.717) is 0 Å². The SMILES string of the molecule is C=C(CS)CN(C)Cc1ccoc1C. The predicted octanol–water partition coefficient (Wildman–Crippen LogP) is 2.51. The van der Waals surface area contributed by atoms with Crippen LogP contribution >= 0.6 is 12.6 Å². The number of furan rings is 1. The van der Waals surface area contributed by atoms with Crippen LogP contribution in [0.15, 0.2) is 28.9 Å². The molecular formula is C11H17NOS. The number of rotatable bonds is 5. The van der Waals surface area contributed by atoms with Gasteiger partial charge < -0.3 is 4.42 Å². The van der Waals surface area contributed by atoms with Crippen LogP contribution in [0.5, 0.6) is 0 Å². The third-order valence-corrected chi connectivity index (χ3v) is 2.57. The minimum Gasteiger partial charge on any atom is -0.469 e. The average Bonchev–Trinajstić information content (AvgIpc) is 2.51. The molecule has 0 atom stereocenters. The lowest BCUT2D eigenvalue weighted by Gasteiger charge is -2.16. The molecule has 3 heteroatoms. The van der Waals surface area contributed by atoms with Crippen LogP contribution in [0.3, 0.4) is 0 Å². The second-order valence-corrected chi connectivity index (χ2v) is 3.90. The lowest BCUT2D eigenvalue weighted by molar-refractivity contribution is 0.352. The Hall–Kier alpha value is -0.670. The van der Waals surface area contributed by atoms with Gasteiger partial charge in [-0.05, 0) is 20.0 Å². The van der Waals surface area contributed by atoms with E-state index in [0.717, 1.165) is 30.2 Å². The number of likely N-dealkylation sites (N-methyl/N-ethyl adjacent to an activating group) is 1. The van der Waals surface area contributed by atoms with Gasteiger partial charge in [-0.15, -0.1) is 0 Å². The quantitative estimate of drug-likeness (QED) is 0.595. The molecule has 0 unspecified atom stereocenters. The topological polar surface area (TPSA) is 16.4 Å². The van der Waals surface area contributed by atoms with Gasteiger partial charge in [0.25, 0.3) is 0 Å². The fourth-order valence-corrected chi connectivity index (χ4v) is 1.45. The van der Waals surface area contributed by atoms with Gasteiger partial charge in [0.15, 0.2) is 0 Å². The largest absolute Gasteiger partial charge is 0.469 e. The second kappa shape index (κ2) is 5.27. The Labute approximate surface area is 91.0 Å². The van der Waals surface area contributed by atoms with Crippen molar-refractivity contribution in [1.29, 1.82) is 0 Å². The molecule has 2 nitrogen and oxygen atoms in total. The Bertz CT molecular complexity index is 306. The first-order chi connectivity index (χ1) is 6.63. The highest BCUT2D eigenvalue weighted by atomic mass is 32.1. The van der Waals surface area contributed by atoms with E-state index in [1.807, 2.05) is 13.0 Å². The highest BCUT2D eigenvalue weighted by Gasteiger charge is 2.05. The zero-order valence-corrected chi connectivity index (χ0v) is 9.68. The molecule has 0 saturated heterocycles. The summed E-state index contributed by atoms with van der Waals surface area (Å²) in [5.74, 6) is 1.74. The molecule has 0 aliphatic carbocycles. The van der Waals surface area contributed by atoms with Crippen LogP contribution < -0.4 is 0 Å². The summed E-state index contributed by atoms with van der Waals surface area (Å²) in [5, 5.41) is 0. The van der Waals surface area contributed by atoms with Crippen LogP contribution in [0, 0.1) is 6.92 Å². The monoisotopic (exact) mass is 211 g/mol. The number of aryl methyl sites for hydroxylation is 1. The van der Waals surface area contributed by atoms with E-state index in [1.165, 1.54) is 5.56 Å². The zero-order valence-electron chi connectivity index (χ0n) is 8.79. The molecule has 1 aromatic heterocycles. The van der Waals surface area contributed by atoms with E-state index in [9.17, 15) is 0 Å². The zero-order chi connectivity index (χ0) is 10.6. The molecule has 0 radical (unpaired) electrons. The Kier molecular flexibility index (Phi) is 4.29. The lowest BCUT2D eigenvalue weighted by Crippen LogP contribution is -2.20. The van der Waals surface area contributed by atoms with Crippen molar-refractivity contribution < 1.29 is 4.42 Å². The maximum atomic E-state index is 5.23. The van der Waals surface area contributed by atoms with E-state index >= 15 is 0 Å². The van der Waals surface area contributed by atoms with Crippen molar-refractivity contribution in [1.82, 2.24) is 4.90 Å². The molecule has 1 heterocycles. The maximum Gasteiger partial charge on any atom is 0.105 e. The van der Waals surface area contributed by atoms with Gasteiger partial charge in [0.1, 0.15) is 5.76 Å². The molecule has 0 amide bonds. The highest BCUT2D eigenvalue weighted by molar-refractivity contribution is 7.80. The van der Waals surface area contributed by atoms with Crippen LogP contribution in [0.4, 0.5) is 0 Å². The van der Waals surface area contributed by atoms with Crippen molar-refractivity contribution in [2.75, 3.05) is 19.3 Å². The van der Waals surface area contributed by atoms with Gasteiger partial charge in [0.2, 0.25) is 0 Å². The first-order valence-corrected chi connectivity index (χ1v) is 5.25. The van der Waals surface area contributed by atoms with Gasteiger partial charge in [0, 0.05) is 24.4 Å². The average molecular weight is 211 g/mol. The summed E-state index contributed by atoms with van der Waals surface area (Å²) in [6.07, 6.45) is 1.73. The summed E-state index contributed by atoms with van der Waals surface area (Å²) in [4.78, 5) is 2.20. The number of nitrogens with zero attached hydrogens (tertiary/aromatic N) is 1. The number of thiol groups is 1. The third-order valence-electron chi connectivity index (χ3n) is 2.12. The van der Waals surface area contributed by atoms with Crippen molar-refractivity contribution in [3.63, 3.8) is 0 Å². The smallest absolute Gasteiger partial charge is 0.105 e. The first-order valence-electron chi connectivity index (χ1n) is 4.62. The normalized spacial score (nSPS) is 10.9. The van der Waals surface area contributed by atoms with Gasteiger partial charge in [-0.25, -0.2) is 0 Å². The molecule has 0 aromatic carbocycles. The third kappa shape index (κ3) is 3.24. The van der Waals surface area contributed by atoms with Crippen LogP contribution in [-0.2, 0) is 6.54 Å². The molecule has 0 bridgehead atoms. The molecule has 0 aliphatic heterocycles. The predicted molar refractivity (Wildman–Crippen MR) is 62.8 cm³/mol. The molecular weight excluding hydrogens is 194 g/mol. The summed E-state index contributed by atoms with van der Waals surface area (Å²) < 4.78 is 5.23. The van der Waals surface area contributed by atoms with Crippen LogP contribution in [0.1, 0.15) is 11.3 Å². The van der Waals surface area contributed by atoms with E-state index in [-0.39, 0.29) is 0 Å². The maximum absolute atomic E-state index is 5.23. The molecule has 14 heavy (non-hydrogen) atoms. The number of hydrogen-bond donors (Lipinski definition) is 1. The highest BCUT2D eigenvalue weighted by Crippen LogP contribution is 2.11. The van der Waals surface area contributed by atoms with Gasteiger partial charge in [-0.1, -0.05) is 12.2 Å². The van der Waals surface area contributed by atoms with Crippen LogP contribution in [-0.4, -0.2) is 24.2 Å². The van der Waals surface area contributed by atoms with Crippen molar-refractivity contribution in [2.24, 2.45) is 0 Å². The van der Waals surface area contributed by atoms with E-state index in [1.54, 1.807) is 6.26 Å². The summed E-state index contributed by atoms with van der Waals surface area (Å²) in [5.41, 5.74) is 2.37. The molecule has 0 fully saturated rings. The van der Waals surface area contributed by atoms with Crippen molar-refractivity contribution >= 4 is 12.6 Å². The fraction of sp³-hybridized carbons (Fsp3) is 0.455. The summed E-state index contributed by atoms with van der Waals surface area (Å²) in [6, 6.07) is 2.01. The molecule has 1 rings (SSSR count). The minimum atomic E-state index is 0.745. The van der Waals surface area contributed by atoms with Gasteiger partial charge >= 0.3 is 0 Å². The standard InChI is InChI=1S/C11H17NOS/c1-9(8-14)6-12(3)7-11-4-5-13-10(11)2/h4-5,14H,1,6-8H2,2-3H3. The van der Waals surface area contributed by atoms with E-state index in [4.69, 9.17) is 4.42 Å². The fourth-order valence-electron chi connectivity index (χ4n) is 1.35. The van der Waals surface area contributed by atoms with Gasteiger partial charge in [0.05, 0.1) is 6.26 Å². The molecule has 1 aromatic rings.